The zero-order valence-electron chi connectivity index (χ0n) is 32.9. The van der Waals surface area contributed by atoms with Crippen LogP contribution in [0.1, 0.15) is 68.8 Å². The van der Waals surface area contributed by atoms with Crippen LogP contribution >= 0.6 is 22.7 Å². The number of nitrogens with two attached hydrogens (primary N) is 2. The molecule has 0 saturated carbocycles. The Morgan fingerprint density at radius 1 is 0.750 bits per heavy atom. The molecule has 0 atom stereocenters. The van der Waals surface area contributed by atoms with Crippen LogP contribution in [0.3, 0.4) is 0 Å². The molecule has 0 aliphatic carbocycles. The van der Waals surface area contributed by atoms with E-state index in [-0.39, 0.29) is 57.2 Å². The Morgan fingerprint density at radius 3 is 1.80 bits per heavy atom. The van der Waals surface area contributed by atoms with Crippen LogP contribution < -0.4 is 41.2 Å². The van der Waals surface area contributed by atoms with Crippen molar-refractivity contribution < 1.29 is 34.0 Å². The first-order valence-electron chi connectivity index (χ1n) is 18.8. The van der Waals surface area contributed by atoms with Crippen LogP contribution in [-0.4, -0.2) is 48.3 Å². The van der Waals surface area contributed by atoms with E-state index in [1.54, 1.807) is 36.4 Å². The molecule has 0 radical (unpaired) electrons. The predicted octanol–water partition coefficient (Wildman–Crippen LogP) is 9.13. The molecule has 306 valence electrons. The van der Waals surface area contributed by atoms with Gasteiger partial charge < -0.3 is 51.4 Å². The fourth-order valence-corrected chi connectivity index (χ4v) is 8.17. The molecular weight excluding hydrogens is 803 g/mol. The number of aromatic hydroxyl groups is 2. The normalized spacial score (nSPS) is 11.1. The van der Waals surface area contributed by atoms with Gasteiger partial charge in [0.25, 0.3) is 0 Å². The van der Waals surface area contributed by atoms with Gasteiger partial charge in [-0.1, -0.05) is 6.92 Å². The Balaban J connectivity index is 0.000000202. The van der Waals surface area contributed by atoms with Gasteiger partial charge in [-0.2, -0.15) is 10.5 Å². The molecule has 0 unspecified atom stereocenters. The van der Waals surface area contributed by atoms with Crippen molar-refractivity contribution in [3.63, 3.8) is 0 Å². The maximum absolute atomic E-state index is 13.1. The van der Waals surface area contributed by atoms with Crippen LogP contribution in [0, 0.1) is 22.7 Å². The molecule has 0 spiro atoms. The largest absolute Gasteiger partial charge is 0.508 e. The quantitative estimate of drug-likeness (QED) is 0.0444. The van der Waals surface area contributed by atoms with Crippen LogP contribution in [0.4, 0.5) is 38.4 Å². The molecule has 4 aromatic carbocycles. The lowest BCUT2D eigenvalue weighted by Crippen LogP contribution is -2.21. The first-order valence-corrected chi connectivity index (χ1v) is 20.4. The van der Waals surface area contributed by atoms with Gasteiger partial charge in [-0.25, -0.2) is 0 Å². The number of rotatable bonds is 14. The highest BCUT2D eigenvalue weighted by Crippen LogP contribution is 2.42. The number of ketones is 2. The number of thiophene rings is 2. The van der Waals surface area contributed by atoms with E-state index >= 15 is 0 Å². The lowest BCUT2D eigenvalue weighted by molar-refractivity contribution is 0.103. The van der Waals surface area contributed by atoms with E-state index in [2.05, 4.69) is 35.5 Å². The summed E-state index contributed by atoms with van der Waals surface area (Å²) >= 11 is 2.24. The number of anilines is 7. The highest BCUT2D eigenvalue weighted by atomic mass is 32.1. The lowest BCUT2D eigenvalue weighted by atomic mass is 10.1. The Hall–Kier alpha value is -7.40. The van der Waals surface area contributed by atoms with Gasteiger partial charge in [0.15, 0.2) is 23.0 Å². The van der Waals surface area contributed by atoms with Crippen molar-refractivity contribution in [3.05, 3.63) is 117 Å². The minimum atomic E-state index is -0.338. The molecule has 1 aliphatic heterocycles. The highest BCUT2D eigenvalue weighted by Gasteiger charge is 2.25. The first-order chi connectivity index (χ1) is 29.0. The van der Waals surface area contributed by atoms with E-state index in [9.17, 15) is 30.3 Å². The molecule has 2 aromatic heterocycles. The summed E-state index contributed by atoms with van der Waals surface area (Å²) < 4.78 is 16.2. The van der Waals surface area contributed by atoms with E-state index in [1.807, 2.05) is 31.2 Å². The number of nitrogens with one attached hydrogen (secondary N) is 2. The summed E-state index contributed by atoms with van der Waals surface area (Å²) in [5.41, 5.74) is 16.2. The first kappa shape index (κ1) is 42.2. The van der Waals surface area contributed by atoms with Gasteiger partial charge in [-0.05, 0) is 93.1 Å². The SMILES string of the molecule is CCCOc1cc(Nc2sc(C(=O)c3ccc(O)cc3)c(N)c2C#N)ccc1O.CCN(CC)c1ccc(C(=O)c2sc(Nc3ccc4c(c3)OCO4)c(C#N)c2N)cc1. The minimum Gasteiger partial charge on any atom is -0.508 e. The summed E-state index contributed by atoms with van der Waals surface area (Å²) in [5.74, 6) is 1.13. The standard InChI is InChI=1S/C23H22N4O3S.C21H19N3O4S/c1-3-27(4-2)16-8-5-14(6-9-16)21(28)22-20(25)17(12-24)23(31-22)26-15-7-10-18-19(11-15)30-13-29-18;1-2-9-28-17-10-13(5-8-16(17)26)24-21-15(11-22)18(23)20(29-21)19(27)12-3-6-14(25)7-4-12/h5-11,26H,3-4,13,25H2,1-2H3;3-8,10,24-26H,2,9,23H2,1H3. The third kappa shape index (κ3) is 9.16. The van der Waals surface area contributed by atoms with Crippen LogP contribution in [0.15, 0.2) is 84.9 Å². The topological polar surface area (TPSA) is 229 Å². The monoisotopic (exact) mass is 843 g/mol. The molecule has 8 N–H and O–H groups in total. The van der Waals surface area contributed by atoms with Crippen molar-refractivity contribution in [2.45, 2.75) is 27.2 Å². The minimum absolute atomic E-state index is 0.0124. The Morgan fingerprint density at radius 2 is 1.27 bits per heavy atom. The number of nitrogen functional groups attached to an aromatic ring is 2. The molecule has 6 aromatic rings. The number of nitrogens with zero attached hydrogens (tertiary/aromatic N) is 3. The zero-order chi connectivity index (χ0) is 42.9. The van der Waals surface area contributed by atoms with Gasteiger partial charge in [0.1, 0.15) is 48.8 Å². The summed E-state index contributed by atoms with van der Waals surface area (Å²) in [6.45, 7) is 8.56. The zero-order valence-corrected chi connectivity index (χ0v) is 34.5. The van der Waals surface area contributed by atoms with Crippen LogP contribution in [0.2, 0.25) is 0 Å². The van der Waals surface area contributed by atoms with Gasteiger partial charge in [-0.15, -0.1) is 22.7 Å². The number of phenolic OH excluding ortho intramolecular Hbond substituents is 2. The number of carbonyl (C=O) groups excluding carboxylic acids is 2. The van der Waals surface area contributed by atoms with Crippen molar-refractivity contribution in [2.24, 2.45) is 0 Å². The number of nitriles is 2. The van der Waals surface area contributed by atoms with E-state index < -0.39 is 0 Å². The van der Waals surface area contributed by atoms with Gasteiger partial charge in [0.2, 0.25) is 18.4 Å². The number of hydrogen-bond acceptors (Lipinski definition) is 16. The third-order valence-corrected chi connectivity index (χ3v) is 11.5. The Labute approximate surface area is 354 Å². The molecule has 0 amide bonds. The average molecular weight is 844 g/mol. The van der Waals surface area contributed by atoms with Crippen molar-refractivity contribution in [1.29, 1.82) is 10.5 Å². The number of phenols is 2. The molecule has 7 rings (SSSR count). The van der Waals surface area contributed by atoms with E-state index in [0.29, 0.717) is 61.2 Å². The third-order valence-electron chi connectivity index (χ3n) is 9.22. The summed E-state index contributed by atoms with van der Waals surface area (Å²) in [7, 11) is 0. The van der Waals surface area contributed by atoms with Crippen LogP contribution in [0.25, 0.3) is 0 Å². The summed E-state index contributed by atoms with van der Waals surface area (Å²) in [5, 5.41) is 45.6. The molecule has 60 heavy (non-hydrogen) atoms. The van der Waals surface area contributed by atoms with Crippen LogP contribution in [-0.2, 0) is 0 Å². The second-order valence-electron chi connectivity index (χ2n) is 13.1. The van der Waals surface area contributed by atoms with E-state index in [1.165, 1.54) is 41.7 Å². The van der Waals surface area contributed by atoms with Crippen molar-refractivity contribution >= 4 is 72.7 Å². The number of ether oxygens (including phenoxy) is 3. The molecule has 0 saturated heterocycles. The van der Waals surface area contributed by atoms with Crippen molar-refractivity contribution in [3.8, 4) is 40.9 Å². The molecule has 16 heteroatoms. The van der Waals surface area contributed by atoms with Gasteiger partial charge in [0, 0.05) is 53.4 Å². The number of fused-ring (bicyclic) bond motifs is 1. The van der Waals surface area contributed by atoms with Gasteiger partial charge >= 0.3 is 0 Å². The number of benzene rings is 4. The molecular formula is C44H41N7O7S2. The smallest absolute Gasteiger partial charge is 0.231 e. The lowest BCUT2D eigenvalue weighted by Gasteiger charge is -2.20. The van der Waals surface area contributed by atoms with E-state index in [4.69, 9.17) is 25.7 Å². The van der Waals surface area contributed by atoms with Gasteiger partial charge in [0.05, 0.1) is 18.0 Å². The Bertz CT molecular complexity index is 2610. The Kier molecular flexibility index (Phi) is 13.3. The second kappa shape index (κ2) is 18.9. The fourth-order valence-electron chi connectivity index (χ4n) is 6.07. The summed E-state index contributed by atoms with van der Waals surface area (Å²) in [6.07, 6.45) is 0.792. The maximum Gasteiger partial charge on any atom is 0.231 e. The molecule has 3 heterocycles. The highest BCUT2D eigenvalue weighted by molar-refractivity contribution is 7.19. The van der Waals surface area contributed by atoms with Gasteiger partial charge in [-0.3, -0.25) is 9.59 Å². The summed E-state index contributed by atoms with van der Waals surface area (Å²) in [6, 6.07) is 27.5. The molecule has 0 bridgehead atoms. The predicted molar refractivity (Wildman–Crippen MR) is 235 cm³/mol. The maximum atomic E-state index is 13.1. The fraction of sp³-hybridized carbons (Fsp3) is 0.182. The second-order valence-corrected chi connectivity index (χ2v) is 15.1. The van der Waals surface area contributed by atoms with Crippen molar-refractivity contribution in [2.75, 3.05) is 53.5 Å². The van der Waals surface area contributed by atoms with Crippen LogP contribution in [0.5, 0.6) is 28.7 Å². The molecule has 1 aliphatic rings. The van der Waals surface area contributed by atoms with Crippen molar-refractivity contribution in [1.82, 2.24) is 0 Å². The summed E-state index contributed by atoms with van der Waals surface area (Å²) in [4.78, 5) is 28.7. The molecule has 0 fully saturated rings. The molecule has 14 nitrogen and oxygen atoms in total. The number of hydrogen-bond donors (Lipinski definition) is 6. The number of carbonyl (C=O) groups is 2. The average Bonchev–Trinajstić information content (AvgIpc) is 3.95. The van der Waals surface area contributed by atoms with E-state index in [0.717, 1.165) is 36.5 Å².